The van der Waals surface area contributed by atoms with E-state index in [-0.39, 0.29) is 12.0 Å². The number of nitrogens with one attached hydrogen (secondary N) is 1. The zero-order valence-corrected chi connectivity index (χ0v) is 20.8. The van der Waals surface area contributed by atoms with E-state index >= 15 is 0 Å². The maximum Gasteiger partial charge on any atom is 0.223 e. The van der Waals surface area contributed by atoms with Gasteiger partial charge in [0.1, 0.15) is 5.52 Å². The second kappa shape index (κ2) is 8.10. The molecule has 0 aliphatic carbocycles. The summed E-state index contributed by atoms with van der Waals surface area (Å²) in [5, 5.41) is 3.68. The molecule has 2 aromatic heterocycles. The maximum absolute atomic E-state index is 13.1. The Morgan fingerprint density at radius 3 is 2.60 bits per heavy atom. The first kappa shape index (κ1) is 22.6. The number of hydrogen-bond acceptors (Lipinski definition) is 9. The molecule has 5 heterocycles. The summed E-state index contributed by atoms with van der Waals surface area (Å²) < 4.78 is 51.3. The number of nitrogens with zero attached hydrogens (tertiary/aromatic N) is 5. The van der Waals surface area contributed by atoms with Crippen molar-refractivity contribution < 1.29 is 16.8 Å². The van der Waals surface area contributed by atoms with Crippen LogP contribution in [-0.4, -0.2) is 79.8 Å². The lowest BCUT2D eigenvalue weighted by Crippen LogP contribution is -2.42. The fraction of sp³-hybridized carbons (Fsp3) is 0.435. The Hall–Kier alpha value is -2.83. The molecule has 184 valence electrons. The number of anilines is 2. The minimum atomic E-state index is -3.38. The molecule has 6 rings (SSSR count). The zero-order valence-electron chi connectivity index (χ0n) is 19.2. The molecule has 0 unspecified atom stereocenters. The van der Waals surface area contributed by atoms with Gasteiger partial charge in [-0.3, -0.25) is 0 Å². The number of sulfone groups is 1. The van der Waals surface area contributed by atoms with Crippen molar-refractivity contribution in [2.24, 2.45) is 0 Å². The van der Waals surface area contributed by atoms with Gasteiger partial charge < -0.3 is 10.2 Å². The lowest BCUT2D eigenvalue weighted by molar-refractivity contribution is 0.331. The van der Waals surface area contributed by atoms with Gasteiger partial charge in [0.25, 0.3) is 0 Å². The molecule has 2 atom stereocenters. The van der Waals surface area contributed by atoms with E-state index < -0.39 is 25.1 Å². The Balaban J connectivity index is 1.26. The van der Waals surface area contributed by atoms with Gasteiger partial charge in [-0.15, -0.1) is 0 Å². The summed E-state index contributed by atoms with van der Waals surface area (Å²) in [4.78, 5) is 16.3. The van der Waals surface area contributed by atoms with Crippen LogP contribution in [0.25, 0.3) is 10.9 Å². The summed E-state index contributed by atoms with van der Waals surface area (Å²) in [6.45, 7) is 1.85. The predicted molar refractivity (Wildman–Crippen MR) is 133 cm³/mol. The van der Waals surface area contributed by atoms with Crippen LogP contribution in [0.4, 0.5) is 11.8 Å². The predicted octanol–water partition coefficient (Wildman–Crippen LogP) is 1.62. The molecule has 0 amide bonds. The van der Waals surface area contributed by atoms with E-state index in [0.29, 0.717) is 61.2 Å². The van der Waals surface area contributed by atoms with Crippen LogP contribution in [0, 0.1) is 0 Å². The van der Waals surface area contributed by atoms with Crippen molar-refractivity contribution in [2.45, 2.75) is 34.9 Å². The first-order valence-electron chi connectivity index (χ1n) is 11.6. The molecular weight excluding hydrogens is 488 g/mol. The smallest absolute Gasteiger partial charge is 0.223 e. The van der Waals surface area contributed by atoms with Crippen LogP contribution in [0.3, 0.4) is 0 Å². The second-order valence-corrected chi connectivity index (χ2v) is 13.6. The number of benzene rings is 1. The van der Waals surface area contributed by atoms with Crippen LogP contribution in [-0.2, 0) is 19.9 Å². The highest BCUT2D eigenvalue weighted by molar-refractivity contribution is 7.92. The first-order chi connectivity index (χ1) is 16.7. The van der Waals surface area contributed by atoms with E-state index in [1.807, 2.05) is 23.1 Å². The molecule has 1 aromatic carbocycles. The monoisotopic (exact) mass is 514 g/mol. The van der Waals surface area contributed by atoms with Gasteiger partial charge in [-0.05, 0) is 30.5 Å². The minimum Gasteiger partial charge on any atom is -0.353 e. The molecule has 1 N–H and O–H groups in total. The Morgan fingerprint density at radius 1 is 1.06 bits per heavy atom. The van der Waals surface area contributed by atoms with Crippen molar-refractivity contribution >= 4 is 42.5 Å². The molecule has 35 heavy (non-hydrogen) atoms. The van der Waals surface area contributed by atoms with Gasteiger partial charge in [0, 0.05) is 55.9 Å². The molecule has 0 bridgehead atoms. The summed E-state index contributed by atoms with van der Waals surface area (Å²) in [6, 6.07) is 9.19. The lowest BCUT2D eigenvalue weighted by Gasteiger charge is -2.30. The fourth-order valence-electron chi connectivity index (χ4n) is 5.53. The van der Waals surface area contributed by atoms with Crippen molar-refractivity contribution in [1.82, 2.24) is 19.3 Å². The van der Waals surface area contributed by atoms with Gasteiger partial charge >= 0.3 is 0 Å². The summed E-state index contributed by atoms with van der Waals surface area (Å²) in [5.74, 6) is 1.02. The fourth-order valence-corrected chi connectivity index (χ4v) is 8.58. The van der Waals surface area contributed by atoms with Crippen LogP contribution >= 0.6 is 0 Å². The van der Waals surface area contributed by atoms with Crippen molar-refractivity contribution in [1.29, 1.82) is 0 Å². The molecule has 0 saturated carbocycles. The van der Waals surface area contributed by atoms with E-state index in [1.54, 1.807) is 24.5 Å². The summed E-state index contributed by atoms with van der Waals surface area (Å²) in [7, 11) is -6.56. The molecule has 3 aliphatic heterocycles. The van der Waals surface area contributed by atoms with Crippen LogP contribution in [0.2, 0.25) is 0 Å². The number of rotatable bonds is 4. The Bertz CT molecular complexity index is 1520. The summed E-state index contributed by atoms with van der Waals surface area (Å²) in [6.07, 6.45) is 6.01. The highest BCUT2D eigenvalue weighted by atomic mass is 32.2. The number of piperidine rings is 1. The van der Waals surface area contributed by atoms with Crippen LogP contribution in [0.1, 0.15) is 24.3 Å². The highest BCUT2D eigenvalue weighted by Gasteiger charge is 2.50. The van der Waals surface area contributed by atoms with Crippen molar-refractivity contribution in [3.05, 3.63) is 48.3 Å². The van der Waals surface area contributed by atoms with E-state index in [9.17, 15) is 16.8 Å². The third-order valence-corrected chi connectivity index (χ3v) is 10.9. The second-order valence-electron chi connectivity index (χ2n) is 9.48. The van der Waals surface area contributed by atoms with Gasteiger partial charge in [-0.1, -0.05) is 18.2 Å². The number of pyridine rings is 1. The molecular formula is C23H26N6O4S2. The van der Waals surface area contributed by atoms with Crippen LogP contribution in [0.5, 0.6) is 0 Å². The van der Waals surface area contributed by atoms with Gasteiger partial charge in [0.15, 0.2) is 15.7 Å². The maximum atomic E-state index is 13.1. The Kier molecular flexibility index (Phi) is 5.24. The number of fused-ring (bicyclic) bond motifs is 4. The number of sulfonamides is 1. The number of hydrogen-bond donors (Lipinski definition) is 1. The standard InChI is InChI=1S/C23H26N6O4S2/c1-34(30,31)29-10-7-16(8-11-29)26-23-25-12-15-6-9-24-22(21(15)27-23)28-13-18-17-4-2-3-5-19(17)35(32,33)20(18)14-28/h2-6,9,12,16,18,20H,7-8,10-11,13-14H2,1H3,(H,25,26,27)/t18-,20-/m0/s1. The summed E-state index contributed by atoms with van der Waals surface area (Å²) >= 11 is 0. The Morgan fingerprint density at radius 2 is 1.83 bits per heavy atom. The van der Waals surface area contributed by atoms with Crippen LogP contribution < -0.4 is 10.2 Å². The SMILES string of the molecule is CS(=O)(=O)N1CCC(Nc2ncc3ccnc(N4C[C@H]5c6ccccc6S(=O)(=O)[C@H]5C4)c3n2)CC1. The van der Waals surface area contributed by atoms with Gasteiger partial charge in [-0.25, -0.2) is 36.1 Å². The molecule has 10 nitrogen and oxygen atoms in total. The van der Waals surface area contributed by atoms with Crippen molar-refractivity contribution in [2.75, 3.05) is 42.7 Å². The van der Waals surface area contributed by atoms with Crippen molar-refractivity contribution in [3.8, 4) is 0 Å². The minimum absolute atomic E-state index is 0.0679. The van der Waals surface area contributed by atoms with Gasteiger partial charge in [-0.2, -0.15) is 0 Å². The molecule has 12 heteroatoms. The molecule has 3 aromatic rings. The van der Waals surface area contributed by atoms with Gasteiger partial charge in [0.2, 0.25) is 16.0 Å². The molecule has 3 aliphatic rings. The summed E-state index contributed by atoms with van der Waals surface area (Å²) in [5.41, 5.74) is 1.56. The first-order valence-corrected chi connectivity index (χ1v) is 15.0. The van der Waals surface area contributed by atoms with E-state index in [4.69, 9.17) is 4.98 Å². The van der Waals surface area contributed by atoms with Gasteiger partial charge in [0.05, 0.1) is 16.4 Å². The van der Waals surface area contributed by atoms with Crippen molar-refractivity contribution in [3.63, 3.8) is 0 Å². The van der Waals surface area contributed by atoms with E-state index in [1.165, 1.54) is 10.6 Å². The topological polar surface area (TPSA) is 125 Å². The molecule has 2 fully saturated rings. The van der Waals surface area contributed by atoms with Crippen LogP contribution in [0.15, 0.2) is 47.6 Å². The normalized spacial score (nSPS) is 24.4. The number of aromatic nitrogens is 3. The third-order valence-electron chi connectivity index (χ3n) is 7.33. The Labute approximate surface area is 204 Å². The lowest BCUT2D eigenvalue weighted by atomic mass is 9.99. The average Bonchev–Trinajstić information content (AvgIpc) is 3.37. The molecule has 0 spiro atoms. The largest absolute Gasteiger partial charge is 0.353 e. The quantitative estimate of drug-likeness (QED) is 0.553. The van der Waals surface area contributed by atoms with E-state index in [0.717, 1.165) is 10.9 Å². The molecule has 0 radical (unpaired) electrons. The zero-order chi connectivity index (χ0) is 24.4. The van der Waals surface area contributed by atoms with E-state index in [2.05, 4.69) is 15.3 Å². The molecule has 2 saturated heterocycles. The third kappa shape index (κ3) is 3.83. The highest BCUT2D eigenvalue weighted by Crippen LogP contribution is 2.46. The average molecular weight is 515 g/mol.